The van der Waals surface area contributed by atoms with E-state index in [9.17, 15) is 9.32 Å². The van der Waals surface area contributed by atoms with E-state index in [0.29, 0.717) is 11.5 Å². The molecular formula is C26H35N5O2S. The van der Waals surface area contributed by atoms with Gasteiger partial charge < -0.3 is 15.8 Å². The van der Waals surface area contributed by atoms with Crippen LogP contribution in [0.25, 0.3) is 11.3 Å². The molecule has 2 aromatic heterocycles. The van der Waals surface area contributed by atoms with Gasteiger partial charge in [-0.25, -0.2) is 9.19 Å². The molecule has 0 fully saturated rings. The molecule has 8 heteroatoms. The third-order valence-electron chi connectivity index (χ3n) is 4.93. The van der Waals surface area contributed by atoms with Crippen molar-refractivity contribution in [2.45, 2.75) is 58.3 Å². The van der Waals surface area contributed by atoms with Crippen LogP contribution in [0.1, 0.15) is 57.5 Å². The average molecular weight is 482 g/mol. The van der Waals surface area contributed by atoms with E-state index in [2.05, 4.69) is 23.3 Å². The topological polar surface area (TPSA) is 125 Å². The number of aliphatic hydroxyl groups excluding tert-OH is 1. The standard InChI is InChI=1S/C22H24N4O.C4H11NOS/c1-2-3-6-18-7-4-9-20(24-18)16-11-12-17(14-23)21(13-16)26-22-10-5-8-19(15-27)25-22;1-4(2,3)7(5)6/h4-5,7-14,23,27H,2-3,6,15H2,1H3,(H,25,26);5H2,1-3H3. The molecule has 3 aromatic rings. The third-order valence-corrected chi connectivity index (χ3v) is 6.14. The second kappa shape index (κ2) is 13.1. The van der Waals surface area contributed by atoms with Gasteiger partial charge in [0, 0.05) is 28.7 Å². The van der Waals surface area contributed by atoms with Gasteiger partial charge in [0.25, 0.3) is 0 Å². The molecule has 0 amide bonds. The van der Waals surface area contributed by atoms with Crippen LogP contribution in [0.4, 0.5) is 11.5 Å². The Morgan fingerprint density at radius 1 is 1.09 bits per heavy atom. The zero-order valence-electron chi connectivity index (χ0n) is 20.3. The number of unbranched alkanes of at least 4 members (excludes halogenated alkanes) is 1. The third kappa shape index (κ3) is 8.44. The number of hydrogen-bond acceptors (Lipinski definition) is 6. The number of rotatable bonds is 8. The predicted molar refractivity (Wildman–Crippen MR) is 142 cm³/mol. The minimum absolute atomic E-state index is 0.110. The number of benzene rings is 1. The molecular weight excluding hydrogens is 446 g/mol. The zero-order valence-corrected chi connectivity index (χ0v) is 21.2. The van der Waals surface area contributed by atoms with Crippen LogP contribution in [-0.2, 0) is 24.0 Å². The van der Waals surface area contributed by atoms with Crippen molar-refractivity contribution in [2.75, 3.05) is 5.32 Å². The molecule has 1 atom stereocenters. The number of anilines is 2. The summed E-state index contributed by atoms with van der Waals surface area (Å²) in [5, 5.41) is 25.2. The normalized spacial score (nSPS) is 11.8. The van der Waals surface area contributed by atoms with Crippen molar-refractivity contribution in [1.82, 2.24) is 9.97 Å². The molecule has 5 N–H and O–H groups in total. The molecule has 1 aromatic carbocycles. The van der Waals surface area contributed by atoms with Crippen molar-refractivity contribution >= 4 is 28.7 Å². The highest BCUT2D eigenvalue weighted by atomic mass is 32.2. The molecule has 0 saturated carbocycles. The first kappa shape index (κ1) is 27.3. The number of nitrogens with zero attached hydrogens (tertiary/aromatic N) is 2. The van der Waals surface area contributed by atoms with Crippen LogP contribution in [0.3, 0.4) is 0 Å². The van der Waals surface area contributed by atoms with Crippen molar-refractivity contribution in [3.63, 3.8) is 0 Å². The fourth-order valence-corrected chi connectivity index (χ4v) is 2.86. The van der Waals surface area contributed by atoms with Crippen molar-refractivity contribution in [3.8, 4) is 11.3 Å². The highest BCUT2D eigenvalue weighted by Gasteiger charge is 2.14. The number of aliphatic hydroxyl groups is 1. The number of nitrogens with two attached hydrogens (primary N) is 1. The summed E-state index contributed by atoms with van der Waals surface area (Å²) < 4.78 is 10.1. The first-order chi connectivity index (χ1) is 16.2. The Labute approximate surface area is 205 Å². The molecule has 0 spiro atoms. The minimum atomic E-state index is -1.18. The second-order valence-electron chi connectivity index (χ2n) is 8.77. The SMILES string of the molecule is CC(C)(C)S(N)=O.CCCCc1cccc(-c2ccc(C=N)c(Nc3cccc(CO)n3)c2)n1. The molecule has 0 aliphatic carbocycles. The van der Waals surface area contributed by atoms with Crippen molar-refractivity contribution < 1.29 is 9.32 Å². The first-order valence-electron chi connectivity index (χ1n) is 11.3. The largest absolute Gasteiger partial charge is 0.390 e. The second-order valence-corrected chi connectivity index (χ2v) is 10.6. The van der Waals surface area contributed by atoms with Crippen LogP contribution in [0.2, 0.25) is 0 Å². The summed E-state index contributed by atoms with van der Waals surface area (Å²) in [5.41, 5.74) is 5.14. The van der Waals surface area contributed by atoms with E-state index in [4.69, 9.17) is 15.5 Å². The fourth-order valence-electron chi connectivity index (χ4n) is 2.86. The summed E-state index contributed by atoms with van der Waals surface area (Å²) in [6, 6.07) is 17.4. The smallest absolute Gasteiger partial charge is 0.130 e. The summed E-state index contributed by atoms with van der Waals surface area (Å²) in [6.07, 6.45) is 4.57. The van der Waals surface area contributed by atoms with Gasteiger partial charge in [-0.15, -0.1) is 0 Å². The molecule has 0 radical (unpaired) electrons. The van der Waals surface area contributed by atoms with Crippen LogP contribution < -0.4 is 10.5 Å². The molecule has 0 bridgehead atoms. The van der Waals surface area contributed by atoms with E-state index in [1.165, 1.54) is 6.21 Å². The van der Waals surface area contributed by atoms with Crippen molar-refractivity contribution in [3.05, 3.63) is 71.5 Å². The summed E-state index contributed by atoms with van der Waals surface area (Å²) in [7, 11) is -1.18. The Bertz CT molecular complexity index is 1110. The Hall–Kier alpha value is -2.94. The molecule has 7 nitrogen and oxygen atoms in total. The first-order valence-corrected chi connectivity index (χ1v) is 12.5. The molecule has 3 rings (SSSR count). The lowest BCUT2D eigenvalue weighted by molar-refractivity contribution is 0.277. The van der Waals surface area contributed by atoms with E-state index in [0.717, 1.165) is 47.5 Å². The van der Waals surface area contributed by atoms with Crippen LogP contribution in [0, 0.1) is 5.41 Å². The minimum Gasteiger partial charge on any atom is -0.390 e. The summed E-state index contributed by atoms with van der Waals surface area (Å²) >= 11 is 0. The summed E-state index contributed by atoms with van der Waals surface area (Å²) in [5.74, 6) is 0.631. The van der Waals surface area contributed by atoms with Gasteiger partial charge in [0.1, 0.15) is 5.82 Å². The number of pyridine rings is 2. The number of hydrogen-bond donors (Lipinski definition) is 4. The van der Waals surface area contributed by atoms with E-state index < -0.39 is 11.0 Å². The predicted octanol–water partition coefficient (Wildman–Crippen LogP) is 5.13. The molecule has 182 valence electrons. The van der Waals surface area contributed by atoms with Crippen molar-refractivity contribution in [2.24, 2.45) is 5.14 Å². The van der Waals surface area contributed by atoms with Gasteiger partial charge >= 0.3 is 0 Å². The molecule has 34 heavy (non-hydrogen) atoms. The summed E-state index contributed by atoms with van der Waals surface area (Å²) in [6.45, 7) is 7.58. The lowest BCUT2D eigenvalue weighted by Crippen LogP contribution is -2.27. The Balaban J connectivity index is 0.000000509. The maximum absolute atomic E-state index is 10.4. The number of aryl methyl sites for hydroxylation is 1. The van der Waals surface area contributed by atoms with E-state index >= 15 is 0 Å². The number of aromatic nitrogens is 2. The lowest BCUT2D eigenvalue weighted by atomic mass is 10.1. The quantitative estimate of drug-likeness (QED) is 0.332. The highest BCUT2D eigenvalue weighted by Crippen LogP contribution is 2.26. The molecule has 1 unspecified atom stereocenters. The van der Waals surface area contributed by atoms with Crippen LogP contribution in [0.5, 0.6) is 0 Å². The van der Waals surface area contributed by atoms with Gasteiger partial charge in [0.2, 0.25) is 0 Å². The Kier molecular flexibility index (Phi) is 10.5. The van der Waals surface area contributed by atoms with E-state index in [-0.39, 0.29) is 11.4 Å². The molecule has 0 aliphatic heterocycles. The molecule has 2 heterocycles. The Morgan fingerprint density at radius 3 is 2.38 bits per heavy atom. The van der Waals surface area contributed by atoms with Gasteiger partial charge in [-0.05, 0) is 63.9 Å². The fraction of sp³-hybridized carbons (Fsp3) is 0.346. The van der Waals surface area contributed by atoms with Gasteiger partial charge in [-0.3, -0.25) is 10.1 Å². The van der Waals surface area contributed by atoms with Gasteiger partial charge in [0.15, 0.2) is 0 Å². The van der Waals surface area contributed by atoms with Gasteiger partial charge in [-0.1, -0.05) is 37.6 Å². The maximum Gasteiger partial charge on any atom is 0.130 e. The Morgan fingerprint density at radius 2 is 1.76 bits per heavy atom. The average Bonchev–Trinajstić information content (AvgIpc) is 2.83. The van der Waals surface area contributed by atoms with Gasteiger partial charge in [0.05, 0.1) is 33.7 Å². The summed E-state index contributed by atoms with van der Waals surface area (Å²) in [4.78, 5) is 9.14. The molecule has 0 aliphatic rings. The highest BCUT2D eigenvalue weighted by molar-refractivity contribution is 7.84. The maximum atomic E-state index is 10.4. The van der Waals surface area contributed by atoms with Crippen LogP contribution >= 0.6 is 0 Å². The number of nitrogens with one attached hydrogen (secondary N) is 2. The van der Waals surface area contributed by atoms with Crippen LogP contribution in [0.15, 0.2) is 54.6 Å². The lowest BCUT2D eigenvalue weighted by Gasteiger charge is -2.12. The van der Waals surface area contributed by atoms with E-state index in [1.807, 2.05) is 63.2 Å². The molecule has 0 saturated heterocycles. The van der Waals surface area contributed by atoms with E-state index in [1.54, 1.807) is 6.07 Å². The zero-order chi connectivity index (χ0) is 25.1. The van der Waals surface area contributed by atoms with Crippen LogP contribution in [-0.4, -0.2) is 30.2 Å². The van der Waals surface area contributed by atoms with Crippen molar-refractivity contribution in [1.29, 1.82) is 5.41 Å². The monoisotopic (exact) mass is 481 g/mol. The van der Waals surface area contributed by atoms with Gasteiger partial charge in [-0.2, -0.15) is 0 Å².